The lowest BCUT2D eigenvalue weighted by Crippen LogP contribution is -2.19. The van der Waals surface area contributed by atoms with Crippen LogP contribution in [0.3, 0.4) is 0 Å². The molecule has 4 heteroatoms. The average Bonchev–Trinajstić information content (AvgIpc) is 2.60. The van der Waals surface area contributed by atoms with Crippen LogP contribution in [-0.2, 0) is 9.59 Å². The van der Waals surface area contributed by atoms with Gasteiger partial charge in [-0.3, -0.25) is 14.5 Å². The maximum absolute atomic E-state index is 11.0. The molecule has 0 aliphatic rings. The number of rotatable bonds is 6. The number of anilines is 2. The summed E-state index contributed by atoms with van der Waals surface area (Å²) in [7, 11) is 0. The quantitative estimate of drug-likeness (QED) is 0.766. The van der Waals surface area contributed by atoms with Crippen LogP contribution in [0.1, 0.15) is 13.8 Å². The first-order valence-electron chi connectivity index (χ1n) is 7.30. The molecule has 0 aromatic heterocycles. The molecule has 2 aromatic carbocycles. The van der Waals surface area contributed by atoms with Crippen molar-refractivity contribution in [2.75, 3.05) is 18.0 Å². The number of hydrogen-bond donors (Lipinski definition) is 0. The Bertz CT molecular complexity index is 500. The largest absolute Gasteiger partial charge is 0.346 e. The van der Waals surface area contributed by atoms with Crippen LogP contribution >= 0.6 is 0 Å². The lowest BCUT2D eigenvalue weighted by Gasteiger charge is -2.16. The number of para-hydroxylation sites is 2. The van der Waals surface area contributed by atoms with Crippen LogP contribution in [0.5, 0.6) is 0 Å². The Morgan fingerprint density at radius 2 is 1.14 bits per heavy atom. The molecule has 0 saturated carbocycles. The Kier molecular flexibility index (Phi) is 8.05. The van der Waals surface area contributed by atoms with E-state index >= 15 is 0 Å². The second kappa shape index (κ2) is 10.2. The molecule has 0 heterocycles. The smallest absolute Gasteiger partial charge is 0.218 e. The van der Waals surface area contributed by atoms with E-state index in [9.17, 15) is 9.59 Å². The van der Waals surface area contributed by atoms with E-state index in [0.717, 1.165) is 37.3 Å². The second-order valence-corrected chi connectivity index (χ2v) is 4.47. The van der Waals surface area contributed by atoms with Crippen molar-refractivity contribution in [2.24, 2.45) is 0 Å². The molecule has 0 aliphatic heterocycles. The van der Waals surface area contributed by atoms with Gasteiger partial charge in [0.2, 0.25) is 12.8 Å². The molecule has 0 saturated heterocycles. The van der Waals surface area contributed by atoms with Crippen molar-refractivity contribution in [3.05, 3.63) is 60.7 Å². The summed E-state index contributed by atoms with van der Waals surface area (Å²) in [5.41, 5.74) is 1.75. The van der Waals surface area contributed by atoms with Crippen molar-refractivity contribution >= 4 is 24.2 Å². The van der Waals surface area contributed by atoms with Gasteiger partial charge in [0.25, 0.3) is 0 Å². The molecule has 2 amide bonds. The molecule has 0 unspecified atom stereocenters. The van der Waals surface area contributed by atoms with Crippen LogP contribution in [0.25, 0.3) is 0 Å². The summed E-state index contributed by atoms with van der Waals surface area (Å²) < 4.78 is 0. The number of benzene rings is 2. The molecule has 2 rings (SSSR count). The molecular formula is C18H22N2O2. The molecule has 0 N–H and O–H groups in total. The third-order valence-electron chi connectivity index (χ3n) is 3.14. The minimum Gasteiger partial charge on any atom is -0.346 e. The van der Waals surface area contributed by atoms with E-state index in [2.05, 4.69) is 0 Å². The summed E-state index contributed by atoms with van der Waals surface area (Å²) in [5, 5.41) is 0. The van der Waals surface area contributed by atoms with Crippen LogP contribution in [-0.4, -0.2) is 30.8 Å². The zero-order chi connectivity index (χ0) is 16.2. The van der Waals surface area contributed by atoms with E-state index in [1.807, 2.05) is 74.5 Å². The number of carbonyl (C=O) groups is 2. The van der Waals surface area contributed by atoms with E-state index < -0.39 is 0 Å². The first-order chi connectivity index (χ1) is 10.8. The summed E-state index contributed by atoms with van der Waals surface area (Å²) in [6, 6.07) is 19.1. The van der Waals surface area contributed by atoms with Gasteiger partial charge < -0.3 is 4.90 Å². The van der Waals surface area contributed by atoms with Gasteiger partial charge in [-0.1, -0.05) is 36.4 Å². The van der Waals surface area contributed by atoms with E-state index in [1.54, 1.807) is 9.80 Å². The highest BCUT2D eigenvalue weighted by atomic mass is 16.1. The molecule has 116 valence electrons. The molecule has 0 bridgehead atoms. The Balaban J connectivity index is 0.000000295. The van der Waals surface area contributed by atoms with E-state index in [-0.39, 0.29) is 0 Å². The van der Waals surface area contributed by atoms with Gasteiger partial charge in [0.1, 0.15) is 0 Å². The molecule has 0 atom stereocenters. The number of amides is 2. The molecule has 22 heavy (non-hydrogen) atoms. The molecule has 2 aromatic rings. The predicted molar refractivity (Wildman–Crippen MR) is 90.1 cm³/mol. The van der Waals surface area contributed by atoms with E-state index in [4.69, 9.17) is 0 Å². The van der Waals surface area contributed by atoms with Gasteiger partial charge in [-0.15, -0.1) is 0 Å². The van der Waals surface area contributed by atoms with Gasteiger partial charge in [-0.05, 0) is 38.1 Å². The maximum atomic E-state index is 11.0. The topological polar surface area (TPSA) is 40.6 Å². The first-order valence-corrected chi connectivity index (χ1v) is 7.30. The Morgan fingerprint density at radius 3 is 1.36 bits per heavy atom. The van der Waals surface area contributed by atoms with Gasteiger partial charge in [0, 0.05) is 24.5 Å². The van der Waals surface area contributed by atoms with Crippen LogP contribution in [0.4, 0.5) is 11.4 Å². The van der Waals surface area contributed by atoms with Crippen molar-refractivity contribution in [1.82, 2.24) is 4.90 Å². The van der Waals surface area contributed by atoms with Crippen LogP contribution in [0.15, 0.2) is 60.7 Å². The molecule has 4 nitrogen and oxygen atoms in total. The fraction of sp³-hybridized carbons (Fsp3) is 0.222. The molecular weight excluding hydrogens is 276 g/mol. The van der Waals surface area contributed by atoms with Crippen molar-refractivity contribution in [3.63, 3.8) is 0 Å². The summed E-state index contributed by atoms with van der Waals surface area (Å²) >= 11 is 0. The van der Waals surface area contributed by atoms with Crippen LogP contribution < -0.4 is 4.90 Å². The molecule has 0 spiro atoms. The molecule has 0 fully saturated rings. The Hall–Kier alpha value is -2.62. The van der Waals surface area contributed by atoms with Crippen molar-refractivity contribution in [3.8, 4) is 0 Å². The summed E-state index contributed by atoms with van der Waals surface area (Å²) in [6.07, 6.45) is 1.69. The standard InChI is InChI=1S/C13H11NO.C5H11NO/c15-11-14(12-7-3-1-4-8-12)13-9-5-2-6-10-13;1-3-6(4-2)5-7/h1-11H;5H,3-4H2,1-2H3. The second-order valence-electron chi connectivity index (χ2n) is 4.47. The Labute approximate surface area is 132 Å². The minimum atomic E-state index is 0.819. The van der Waals surface area contributed by atoms with Gasteiger partial charge in [0.15, 0.2) is 0 Å². The first kappa shape index (κ1) is 17.4. The van der Waals surface area contributed by atoms with Gasteiger partial charge in [-0.25, -0.2) is 0 Å². The minimum absolute atomic E-state index is 0.819. The van der Waals surface area contributed by atoms with Gasteiger partial charge in [0.05, 0.1) is 0 Å². The number of hydrogen-bond acceptors (Lipinski definition) is 2. The average molecular weight is 298 g/mol. The fourth-order valence-electron chi connectivity index (χ4n) is 1.82. The van der Waals surface area contributed by atoms with E-state index in [0.29, 0.717) is 0 Å². The van der Waals surface area contributed by atoms with E-state index in [1.165, 1.54) is 0 Å². The summed E-state index contributed by atoms with van der Waals surface area (Å²) in [6.45, 7) is 5.55. The van der Waals surface area contributed by atoms with Crippen molar-refractivity contribution in [2.45, 2.75) is 13.8 Å². The highest BCUT2D eigenvalue weighted by Crippen LogP contribution is 2.22. The molecule has 0 aliphatic carbocycles. The lowest BCUT2D eigenvalue weighted by molar-refractivity contribution is -0.117. The number of nitrogens with zero attached hydrogens (tertiary/aromatic N) is 2. The highest BCUT2D eigenvalue weighted by Gasteiger charge is 2.05. The monoisotopic (exact) mass is 298 g/mol. The van der Waals surface area contributed by atoms with Gasteiger partial charge in [-0.2, -0.15) is 0 Å². The van der Waals surface area contributed by atoms with Crippen LogP contribution in [0, 0.1) is 0 Å². The van der Waals surface area contributed by atoms with Gasteiger partial charge >= 0.3 is 0 Å². The highest BCUT2D eigenvalue weighted by molar-refractivity contribution is 5.86. The number of carbonyl (C=O) groups excluding carboxylic acids is 2. The van der Waals surface area contributed by atoms with Crippen molar-refractivity contribution in [1.29, 1.82) is 0 Å². The normalized spacial score (nSPS) is 9.18. The third kappa shape index (κ3) is 5.40. The predicted octanol–water partition coefficient (Wildman–Crippen LogP) is 3.47. The zero-order valence-corrected chi connectivity index (χ0v) is 13.1. The fourth-order valence-corrected chi connectivity index (χ4v) is 1.82. The van der Waals surface area contributed by atoms with Crippen LogP contribution in [0.2, 0.25) is 0 Å². The lowest BCUT2D eigenvalue weighted by atomic mass is 10.2. The zero-order valence-electron chi connectivity index (χ0n) is 13.1. The third-order valence-corrected chi connectivity index (χ3v) is 3.14. The SMILES string of the molecule is CCN(C=O)CC.O=CN(c1ccccc1)c1ccccc1. The summed E-state index contributed by atoms with van der Waals surface area (Å²) in [5.74, 6) is 0. The molecule has 0 radical (unpaired) electrons. The maximum Gasteiger partial charge on any atom is 0.218 e. The summed E-state index contributed by atoms with van der Waals surface area (Å²) in [4.78, 5) is 24.2. The van der Waals surface area contributed by atoms with Crippen molar-refractivity contribution < 1.29 is 9.59 Å². The Morgan fingerprint density at radius 1 is 0.727 bits per heavy atom.